The van der Waals surface area contributed by atoms with E-state index in [4.69, 9.17) is 0 Å². The first-order chi connectivity index (χ1) is 13.4. The first-order valence-corrected chi connectivity index (χ1v) is 8.43. The van der Waals surface area contributed by atoms with Crippen molar-refractivity contribution in [2.45, 2.75) is 13.1 Å². The van der Waals surface area contributed by atoms with Gasteiger partial charge in [0.05, 0.1) is 0 Å². The maximum Gasteiger partial charge on any atom is 0.435 e. The molecule has 2 aromatic heterocycles. The van der Waals surface area contributed by atoms with E-state index >= 15 is 0 Å². The van der Waals surface area contributed by atoms with Crippen LogP contribution in [0.2, 0.25) is 0 Å². The van der Waals surface area contributed by atoms with Crippen LogP contribution in [0.4, 0.5) is 13.2 Å². The summed E-state index contributed by atoms with van der Waals surface area (Å²) in [6.45, 7) is 1.51. The Morgan fingerprint density at radius 1 is 0.786 bits per heavy atom. The number of hydrogen-bond donors (Lipinski definition) is 0. The third-order valence-electron chi connectivity index (χ3n) is 4.14. The summed E-state index contributed by atoms with van der Waals surface area (Å²) in [5, 5.41) is 11.9. The lowest BCUT2D eigenvalue weighted by Gasteiger charge is -2.10. The number of nitrogens with zero attached hydrogens (tertiary/aromatic N) is 5. The lowest BCUT2D eigenvalue weighted by atomic mass is 10.0. The number of alkyl halides is 3. The third-order valence-corrected chi connectivity index (χ3v) is 4.14. The first kappa shape index (κ1) is 17.8. The molecule has 28 heavy (non-hydrogen) atoms. The largest absolute Gasteiger partial charge is 0.435 e. The lowest BCUT2D eigenvalue weighted by Crippen LogP contribution is -2.11. The molecule has 0 amide bonds. The molecule has 2 aromatic carbocycles. The van der Waals surface area contributed by atoms with Gasteiger partial charge in [0.25, 0.3) is 5.95 Å². The van der Waals surface area contributed by atoms with Crippen LogP contribution in [0.15, 0.2) is 66.7 Å². The average molecular weight is 381 g/mol. The molecule has 0 saturated heterocycles. The zero-order valence-electron chi connectivity index (χ0n) is 14.7. The predicted molar refractivity (Wildman–Crippen MR) is 97.6 cm³/mol. The molecule has 0 aliphatic rings. The van der Waals surface area contributed by atoms with Gasteiger partial charge in [-0.2, -0.15) is 18.3 Å². The van der Waals surface area contributed by atoms with Crippen molar-refractivity contribution >= 4 is 0 Å². The standard InChI is InChI=1S/C20H14F3N5/c1-13-12-16(20(21,22)23)27-28(13)19-24-17(14-8-4-2-5-9-14)18(25-26-19)15-10-6-3-7-11-15/h2-12H,1H3. The Hall–Kier alpha value is -3.55. The van der Waals surface area contributed by atoms with Gasteiger partial charge in [0.15, 0.2) is 5.69 Å². The Morgan fingerprint density at radius 3 is 1.89 bits per heavy atom. The zero-order valence-corrected chi connectivity index (χ0v) is 14.7. The topological polar surface area (TPSA) is 56.5 Å². The summed E-state index contributed by atoms with van der Waals surface area (Å²) in [5.41, 5.74) is 1.90. The van der Waals surface area contributed by atoms with Gasteiger partial charge in [0.1, 0.15) is 11.4 Å². The van der Waals surface area contributed by atoms with Gasteiger partial charge in [0.2, 0.25) is 0 Å². The Labute approximate surface area is 158 Å². The smallest absolute Gasteiger partial charge is 0.207 e. The molecular weight excluding hydrogens is 367 g/mol. The van der Waals surface area contributed by atoms with Crippen molar-refractivity contribution in [3.8, 4) is 28.5 Å². The maximum atomic E-state index is 13.0. The molecule has 0 spiro atoms. The molecule has 0 saturated carbocycles. The highest BCUT2D eigenvalue weighted by atomic mass is 19.4. The molecular formula is C20H14F3N5. The number of aromatic nitrogens is 5. The minimum absolute atomic E-state index is 0.0217. The molecule has 4 rings (SSSR count). The van der Waals surface area contributed by atoms with Gasteiger partial charge in [-0.3, -0.25) is 0 Å². The molecule has 0 unspecified atom stereocenters. The Morgan fingerprint density at radius 2 is 1.36 bits per heavy atom. The van der Waals surface area contributed by atoms with Crippen LogP contribution in [0.25, 0.3) is 28.5 Å². The number of benzene rings is 2. The molecule has 0 N–H and O–H groups in total. The van der Waals surface area contributed by atoms with E-state index in [1.165, 1.54) is 6.92 Å². The minimum atomic E-state index is -4.55. The molecule has 0 radical (unpaired) electrons. The van der Waals surface area contributed by atoms with Crippen molar-refractivity contribution in [1.29, 1.82) is 0 Å². The maximum absolute atomic E-state index is 13.0. The second kappa shape index (κ2) is 6.88. The molecule has 0 aliphatic heterocycles. The van der Waals surface area contributed by atoms with Gasteiger partial charge in [-0.25, -0.2) is 9.67 Å². The Bertz CT molecular complexity index is 1110. The average Bonchev–Trinajstić information content (AvgIpc) is 3.11. The highest BCUT2D eigenvalue weighted by Gasteiger charge is 2.35. The van der Waals surface area contributed by atoms with Gasteiger partial charge in [-0.15, -0.1) is 10.2 Å². The van der Waals surface area contributed by atoms with Gasteiger partial charge in [-0.1, -0.05) is 60.7 Å². The summed E-state index contributed by atoms with van der Waals surface area (Å²) >= 11 is 0. The van der Waals surface area contributed by atoms with Crippen molar-refractivity contribution < 1.29 is 13.2 Å². The van der Waals surface area contributed by atoms with Gasteiger partial charge >= 0.3 is 6.18 Å². The molecule has 8 heteroatoms. The molecule has 5 nitrogen and oxygen atoms in total. The van der Waals surface area contributed by atoms with Crippen LogP contribution >= 0.6 is 0 Å². The summed E-state index contributed by atoms with van der Waals surface area (Å²) < 4.78 is 40.0. The summed E-state index contributed by atoms with van der Waals surface area (Å²) in [6.07, 6.45) is -4.55. The molecule has 4 aromatic rings. The van der Waals surface area contributed by atoms with E-state index in [1.54, 1.807) is 0 Å². The molecule has 0 atom stereocenters. The number of aryl methyl sites for hydroxylation is 1. The predicted octanol–water partition coefficient (Wildman–Crippen LogP) is 4.72. The van der Waals surface area contributed by atoms with E-state index in [0.717, 1.165) is 21.9 Å². The molecule has 0 fully saturated rings. The van der Waals surface area contributed by atoms with Crippen molar-refractivity contribution in [3.05, 3.63) is 78.1 Å². The fourth-order valence-corrected chi connectivity index (χ4v) is 2.81. The second-order valence-electron chi connectivity index (χ2n) is 6.12. The van der Waals surface area contributed by atoms with E-state index in [9.17, 15) is 13.2 Å². The van der Waals surface area contributed by atoms with Crippen LogP contribution in [0.1, 0.15) is 11.4 Å². The quantitative estimate of drug-likeness (QED) is 0.515. The van der Waals surface area contributed by atoms with Crippen LogP contribution in [0.3, 0.4) is 0 Å². The summed E-state index contributed by atoms with van der Waals surface area (Å²) in [5.74, 6) is -0.0217. The Kier molecular flexibility index (Phi) is 4.38. The van der Waals surface area contributed by atoms with Crippen LogP contribution in [0, 0.1) is 6.92 Å². The van der Waals surface area contributed by atoms with Gasteiger partial charge in [-0.05, 0) is 13.0 Å². The summed E-state index contributed by atoms with van der Waals surface area (Å²) in [7, 11) is 0. The highest BCUT2D eigenvalue weighted by Crippen LogP contribution is 2.31. The normalized spacial score (nSPS) is 11.6. The first-order valence-electron chi connectivity index (χ1n) is 8.43. The van der Waals surface area contributed by atoms with E-state index in [2.05, 4.69) is 20.3 Å². The number of rotatable bonds is 3. The van der Waals surface area contributed by atoms with Crippen molar-refractivity contribution in [3.63, 3.8) is 0 Å². The fraction of sp³-hybridized carbons (Fsp3) is 0.100. The van der Waals surface area contributed by atoms with E-state index < -0.39 is 11.9 Å². The molecule has 140 valence electrons. The second-order valence-corrected chi connectivity index (χ2v) is 6.12. The summed E-state index contributed by atoms with van der Waals surface area (Å²) in [4.78, 5) is 4.51. The highest BCUT2D eigenvalue weighted by molar-refractivity contribution is 5.77. The van der Waals surface area contributed by atoms with E-state index in [1.807, 2.05) is 60.7 Å². The number of halogens is 3. The minimum Gasteiger partial charge on any atom is -0.207 e. The lowest BCUT2D eigenvalue weighted by molar-refractivity contribution is -0.141. The monoisotopic (exact) mass is 381 g/mol. The zero-order chi connectivity index (χ0) is 19.7. The van der Waals surface area contributed by atoms with Crippen molar-refractivity contribution in [2.75, 3.05) is 0 Å². The molecule has 2 heterocycles. The van der Waals surface area contributed by atoms with Gasteiger partial charge < -0.3 is 0 Å². The van der Waals surface area contributed by atoms with E-state index in [-0.39, 0.29) is 11.6 Å². The Balaban J connectivity index is 1.89. The van der Waals surface area contributed by atoms with Crippen molar-refractivity contribution in [2.24, 2.45) is 0 Å². The molecule has 0 aliphatic carbocycles. The van der Waals surface area contributed by atoms with Gasteiger partial charge in [0, 0.05) is 16.8 Å². The van der Waals surface area contributed by atoms with Crippen LogP contribution < -0.4 is 0 Å². The SMILES string of the molecule is Cc1cc(C(F)(F)F)nn1-c1nnc(-c2ccccc2)c(-c2ccccc2)n1. The van der Waals surface area contributed by atoms with Crippen LogP contribution in [0.5, 0.6) is 0 Å². The third kappa shape index (κ3) is 3.36. The fourth-order valence-electron chi connectivity index (χ4n) is 2.81. The van der Waals surface area contributed by atoms with Crippen LogP contribution in [-0.2, 0) is 6.18 Å². The molecule has 0 bridgehead atoms. The van der Waals surface area contributed by atoms with E-state index in [0.29, 0.717) is 11.4 Å². The summed E-state index contributed by atoms with van der Waals surface area (Å²) in [6, 6.07) is 19.6. The van der Waals surface area contributed by atoms with Crippen LogP contribution in [-0.4, -0.2) is 25.0 Å². The number of hydrogen-bond acceptors (Lipinski definition) is 4. The van der Waals surface area contributed by atoms with Crippen molar-refractivity contribution in [1.82, 2.24) is 25.0 Å².